The number of aromatic nitrogens is 1. The molecule has 6 heteroatoms. The molecule has 2 N–H and O–H groups in total. The Morgan fingerprint density at radius 1 is 1.31 bits per heavy atom. The molecule has 2 aliphatic rings. The van der Waals surface area contributed by atoms with Crippen molar-refractivity contribution in [3.63, 3.8) is 0 Å². The fourth-order valence-electron chi connectivity index (χ4n) is 4.12. The Hall–Kier alpha value is -2.18. The van der Waals surface area contributed by atoms with E-state index in [0.29, 0.717) is 18.5 Å². The first-order valence-electron chi connectivity index (χ1n) is 9.50. The van der Waals surface area contributed by atoms with E-state index >= 15 is 0 Å². The Morgan fingerprint density at radius 3 is 3.00 bits per heavy atom. The zero-order valence-electron chi connectivity index (χ0n) is 15.0. The zero-order chi connectivity index (χ0) is 17.8. The second-order valence-electron chi connectivity index (χ2n) is 7.17. The summed E-state index contributed by atoms with van der Waals surface area (Å²) in [5.41, 5.74) is 0.810. The van der Waals surface area contributed by atoms with E-state index in [2.05, 4.69) is 20.5 Å². The van der Waals surface area contributed by atoms with Gasteiger partial charge in [-0.15, -0.1) is 0 Å². The SMILES string of the molecule is O=C(NC[C@H]([C@H]1CCOC1)N1CCCC1)Nc1cccc2cnccc12. The van der Waals surface area contributed by atoms with E-state index in [1.54, 1.807) is 6.20 Å². The van der Waals surface area contributed by atoms with Crippen molar-refractivity contribution in [1.29, 1.82) is 0 Å². The van der Waals surface area contributed by atoms with Crippen LogP contribution in [-0.4, -0.2) is 54.8 Å². The van der Waals surface area contributed by atoms with E-state index in [-0.39, 0.29) is 6.03 Å². The van der Waals surface area contributed by atoms with Crippen molar-refractivity contribution in [1.82, 2.24) is 15.2 Å². The average molecular weight is 354 g/mol. The summed E-state index contributed by atoms with van der Waals surface area (Å²) in [7, 11) is 0. The van der Waals surface area contributed by atoms with Crippen molar-refractivity contribution in [3.8, 4) is 0 Å². The average Bonchev–Trinajstić information content (AvgIpc) is 3.37. The Bertz CT molecular complexity index is 733. The molecular formula is C20H26N4O2. The van der Waals surface area contributed by atoms with Crippen molar-refractivity contribution in [3.05, 3.63) is 36.7 Å². The normalized spacial score (nSPS) is 21.8. The quantitative estimate of drug-likeness (QED) is 0.866. The molecule has 138 valence electrons. The first-order chi connectivity index (χ1) is 12.8. The van der Waals surface area contributed by atoms with Gasteiger partial charge in [-0.2, -0.15) is 0 Å². The lowest BCUT2D eigenvalue weighted by Gasteiger charge is -2.32. The second-order valence-corrected chi connectivity index (χ2v) is 7.17. The number of fused-ring (bicyclic) bond motifs is 1. The van der Waals surface area contributed by atoms with Crippen LogP contribution in [0, 0.1) is 5.92 Å². The summed E-state index contributed by atoms with van der Waals surface area (Å²) in [6.45, 7) is 4.56. The van der Waals surface area contributed by atoms with Gasteiger partial charge in [0, 0.05) is 48.3 Å². The maximum atomic E-state index is 12.5. The molecule has 0 aliphatic carbocycles. The predicted molar refractivity (Wildman–Crippen MR) is 102 cm³/mol. The number of amides is 2. The summed E-state index contributed by atoms with van der Waals surface area (Å²) in [6, 6.07) is 7.98. The van der Waals surface area contributed by atoms with Crippen LogP contribution in [0.5, 0.6) is 0 Å². The van der Waals surface area contributed by atoms with Crippen molar-refractivity contribution < 1.29 is 9.53 Å². The number of ether oxygens (including phenoxy) is 1. The lowest BCUT2D eigenvalue weighted by Crippen LogP contribution is -2.48. The monoisotopic (exact) mass is 354 g/mol. The molecule has 2 aromatic rings. The van der Waals surface area contributed by atoms with Crippen LogP contribution in [0.1, 0.15) is 19.3 Å². The molecule has 6 nitrogen and oxygen atoms in total. The van der Waals surface area contributed by atoms with Gasteiger partial charge in [0.2, 0.25) is 0 Å². The molecule has 0 radical (unpaired) electrons. The zero-order valence-corrected chi connectivity index (χ0v) is 15.0. The Kier molecular flexibility index (Phi) is 5.32. The second kappa shape index (κ2) is 8.01. The molecule has 26 heavy (non-hydrogen) atoms. The highest BCUT2D eigenvalue weighted by Crippen LogP contribution is 2.25. The highest BCUT2D eigenvalue weighted by atomic mass is 16.5. The van der Waals surface area contributed by atoms with Gasteiger partial charge in [-0.1, -0.05) is 12.1 Å². The fourth-order valence-corrected chi connectivity index (χ4v) is 4.12. The summed E-state index contributed by atoms with van der Waals surface area (Å²) in [5, 5.41) is 8.10. The van der Waals surface area contributed by atoms with E-state index in [0.717, 1.165) is 49.2 Å². The van der Waals surface area contributed by atoms with E-state index in [1.165, 1.54) is 12.8 Å². The van der Waals surface area contributed by atoms with E-state index in [9.17, 15) is 4.79 Å². The number of urea groups is 1. The first kappa shape index (κ1) is 17.2. The van der Waals surface area contributed by atoms with E-state index < -0.39 is 0 Å². The Labute approximate surface area is 153 Å². The van der Waals surface area contributed by atoms with Crippen LogP contribution in [0.2, 0.25) is 0 Å². The summed E-state index contributed by atoms with van der Waals surface area (Å²) < 4.78 is 5.59. The van der Waals surface area contributed by atoms with E-state index in [1.807, 2.05) is 30.5 Å². The van der Waals surface area contributed by atoms with Crippen molar-refractivity contribution in [2.24, 2.45) is 5.92 Å². The number of carbonyl (C=O) groups is 1. The highest BCUT2D eigenvalue weighted by molar-refractivity contribution is 6.01. The van der Waals surface area contributed by atoms with Crippen LogP contribution >= 0.6 is 0 Å². The minimum absolute atomic E-state index is 0.155. The molecule has 0 unspecified atom stereocenters. The molecule has 4 rings (SSSR count). The highest BCUT2D eigenvalue weighted by Gasteiger charge is 2.32. The molecule has 0 spiro atoms. The molecule has 0 bridgehead atoms. The fraction of sp³-hybridized carbons (Fsp3) is 0.500. The number of nitrogens with zero attached hydrogens (tertiary/aromatic N) is 2. The van der Waals surface area contributed by atoms with Gasteiger partial charge in [0.25, 0.3) is 0 Å². The molecule has 1 aromatic heterocycles. The van der Waals surface area contributed by atoms with Gasteiger partial charge in [0.1, 0.15) is 0 Å². The predicted octanol–water partition coefficient (Wildman–Crippen LogP) is 2.86. The standard InChI is InChI=1S/C20H26N4O2/c25-20(23-18-5-3-4-15-12-21-8-6-17(15)18)22-13-19(16-7-11-26-14-16)24-9-1-2-10-24/h3-6,8,12,16,19H,1-2,7,9-11,13-14H2,(H2,22,23,25)/t16-,19+/m0/s1. The van der Waals surface area contributed by atoms with E-state index in [4.69, 9.17) is 4.74 Å². The molecule has 2 fully saturated rings. The lowest BCUT2D eigenvalue weighted by atomic mass is 9.97. The number of pyridine rings is 1. The number of rotatable bonds is 5. The van der Waals surface area contributed by atoms with Crippen LogP contribution in [0.4, 0.5) is 10.5 Å². The van der Waals surface area contributed by atoms with Gasteiger partial charge in [-0.3, -0.25) is 9.88 Å². The third-order valence-corrected chi connectivity index (χ3v) is 5.52. The number of likely N-dealkylation sites (tertiary alicyclic amines) is 1. The van der Waals surface area contributed by atoms with Crippen molar-refractivity contribution >= 4 is 22.5 Å². The lowest BCUT2D eigenvalue weighted by molar-refractivity contribution is 0.135. The van der Waals surface area contributed by atoms with Gasteiger partial charge >= 0.3 is 6.03 Å². The van der Waals surface area contributed by atoms with Crippen molar-refractivity contribution in [2.75, 3.05) is 38.2 Å². The molecule has 2 aliphatic heterocycles. The number of nitrogens with one attached hydrogen (secondary N) is 2. The topological polar surface area (TPSA) is 66.5 Å². The number of benzene rings is 1. The molecule has 2 saturated heterocycles. The van der Waals surface area contributed by atoms with Crippen molar-refractivity contribution in [2.45, 2.75) is 25.3 Å². The summed E-state index contributed by atoms with van der Waals surface area (Å²) >= 11 is 0. The van der Waals surface area contributed by atoms with Crippen LogP contribution in [-0.2, 0) is 4.74 Å². The Balaban J connectivity index is 1.40. The molecule has 0 saturated carbocycles. The van der Waals surface area contributed by atoms with Crippen LogP contribution in [0.25, 0.3) is 10.8 Å². The number of hydrogen-bond acceptors (Lipinski definition) is 4. The first-order valence-corrected chi connectivity index (χ1v) is 9.50. The Morgan fingerprint density at radius 2 is 2.19 bits per heavy atom. The van der Waals surface area contributed by atoms with Gasteiger partial charge in [-0.05, 0) is 44.5 Å². The maximum Gasteiger partial charge on any atom is 0.319 e. The number of carbonyl (C=O) groups excluding carboxylic acids is 1. The summed E-state index contributed by atoms with van der Waals surface area (Å²) in [5.74, 6) is 0.511. The van der Waals surface area contributed by atoms with Crippen LogP contribution in [0.15, 0.2) is 36.7 Å². The molecule has 3 heterocycles. The third-order valence-electron chi connectivity index (χ3n) is 5.52. The van der Waals surface area contributed by atoms with Gasteiger partial charge in [0.15, 0.2) is 0 Å². The molecule has 2 atom stereocenters. The maximum absolute atomic E-state index is 12.5. The summed E-state index contributed by atoms with van der Waals surface area (Å²) in [4.78, 5) is 19.2. The molecular weight excluding hydrogens is 328 g/mol. The number of anilines is 1. The molecule has 2 amide bonds. The summed E-state index contributed by atoms with van der Waals surface area (Å²) in [6.07, 6.45) is 7.14. The minimum atomic E-state index is -0.155. The largest absolute Gasteiger partial charge is 0.381 e. The van der Waals surface area contributed by atoms with Gasteiger partial charge in [0.05, 0.1) is 12.3 Å². The minimum Gasteiger partial charge on any atom is -0.381 e. The van der Waals surface area contributed by atoms with Gasteiger partial charge < -0.3 is 15.4 Å². The third kappa shape index (κ3) is 3.81. The smallest absolute Gasteiger partial charge is 0.319 e. The number of hydrogen-bond donors (Lipinski definition) is 2. The van der Waals surface area contributed by atoms with Crippen LogP contribution in [0.3, 0.4) is 0 Å². The van der Waals surface area contributed by atoms with Crippen LogP contribution < -0.4 is 10.6 Å². The molecule has 1 aromatic carbocycles. The van der Waals surface area contributed by atoms with Gasteiger partial charge in [-0.25, -0.2) is 4.79 Å².